The zero-order valence-corrected chi connectivity index (χ0v) is 23.1. The van der Waals surface area contributed by atoms with Gasteiger partial charge in [-0.3, -0.25) is 13.9 Å². The lowest BCUT2D eigenvalue weighted by Crippen LogP contribution is -2.48. The number of imidazole rings is 1. The van der Waals surface area contributed by atoms with E-state index in [1.807, 2.05) is 6.92 Å². The lowest BCUT2D eigenvalue weighted by molar-refractivity contribution is -0.0451. The van der Waals surface area contributed by atoms with E-state index in [2.05, 4.69) is 25.6 Å². The number of methoxy groups -OCH3 is 2. The van der Waals surface area contributed by atoms with Crippen molar-refractivity contribution in [2.24, 2.45) is 0 Å². The molecule has 206 valence electrons. The van der Waals surface area contributed by atoms with Gasteiger partial charge in [0.25, 0.3) is 5.91 Å². The van der Waals surface area contributed by atoms with Crippen LogP contribution in [-0.2, 0) is 13.8 Å². The number of nitrogens with one attached hydrogen (secondary N) is 2. The predicted octanol–water partition coefficient (Wildman–Crippen LogP) is 3.32. The van der Waals surface area contributed by atoms with Gasteiger partial charge in [0.2, 0.25) is 0 Å². The molecule has 1 saturated heterocycles. The Hall–Kier alpha value is -2.67. The Morgan fingerprint density at radius 2 is 1.89 bits per heavy atom. The monoisotopic (exact) mass is 588 g/mol. The third kappa shape index (κ3) is 6.31. The molecule has 3 N–H and O–H groups in total. The second-order valence-electron chi connectivity index (χ2n) is 8.34. The number of carbonyl (C=O) groups excluding carboxylic acids is 1. The van der Waals surface area contributed by atoms with Crippen molar-refractivity contribution in [2.45, 2.75) is 37.8 Å². The van der Waals surface area contributed by atoms with E-state index in [9.17, 15) is 14.5 Å². The van der Waals surface area contributed by atoms with Crippen molar-refractivity contribution in [1.29, 1.82) is 0 Å². The van der Waals surface area contributed by atoms with Crippen molar-refractivity contribution in [3.8, 4) is 11.5 Å². The topological polar surface area (TPSA) is 159 Å². The van der Waals surface area contributed by atoms with Crippen LogP contribution in [0.1, 0.15) is 29.9 Å². The van der Waals surface area contributed by atoms with E-state index in [-0.39, 0.29) is 12.2 Å². The molecular weight excluding hydrogens is 562 g/mol. The van der Waals surface area contributed by atoms with E-state index in [0.717, 1.165) is 6.42 Å². The number of anilines is 1. The smallest absolute Gasteiger partial charge is 0.380 e. The number of halogens is 2. The van der Waals surface area contributed by atoms with E-state index >= 15 is 0 Å². The van der Waals surface area contributed by atoms with Crippen molar-refractivity contribution in [3.63, 3.8) is 0 Å². The highest BCUT2D eigenvalue weighted by Crippen LogP contribution is 2.57. The lowest BCUT2D eigenvalue weighted by Gasteiger charge is -2.22. The van der Waals surface area contributed by atoms with Crippen LogP contribution in [0.2, 0.25) is 0 Å². The minimum atomic E-state index is -3.93. The van der Waals surface area contributed by atoms with E-state index in [0.29, 0.717) is 35.0 Å². The van der Waals surface area contributed by atoms with Gasteiger partial charge in [0.15, 0.2) is 23.2 Å². The number of rotatable bonds is 11. The van der Waals surface area contributed by atoms with Gasteiger partial charge in [-0.1, -0.05) is 6.92 Å². The highest BCUT2D eigenvalue weighted by atomic mass is 35.9. The summed E-state index contributed by atoms with van der Waals surface area (Å²) in [5, 5.41) is 17.2. The van der Waals surface area contributed by atoms with Crippen LogP contribution >= 0.6 is 28.6 Å². The van der Waals surface area contributed by atoms with Gasteiger partial charge in [-0.2, -0.15) is 0 Å². The van der Waals surface area contributed by atoms with Crippen molar-refractivity contribution < 1.29 is 33.2 Å². The average Bonchev–Trinajstić information content (AvgIpc) is 3.46. The molecule has 1 aliphatic rings. The quantitative estimate of drug-likeness (QED) is 0.282. The fraction of sp³-hybridized carbons (Fsp3) is 0.455. The van der Waals surface area contributed by atoms with Gasteiger partial charge in [-0.05, 0) is 41.0 Å². The number of aliphatic hydroxyl groups is 1. The Balaban J connectivity index is 1.64. The van der Waals surface area contributed by atoms with Crippen LogP contribution in [0, 0.1) is 0 Å². The Morgan fingerprint density at radius 3 is 2.53 bits per heavy atom. The fourth-order valence-corrected chi connectivity index (χ4v) is 4.70. The molecule has 0 bridgehead atoms. The van der Waals surface area contributed by atoms with E-state index in [1.54, 1.807) is 6.07 Å². The summed E-state index contributed by atoms with van der Waals surface area (Å²) in [7, 11) is 2.92. The van der Waals surface area contributed by atoms with Gasteiger partial charge < -0.3 is 34.5 Å². The molecule has 1 aromatic carbocycles. The Kier molecular flexibility index (Phi) is 8.96. The first-order chi connectivity index (χ1) is 18.1. The van der Waals surface area contributed by atoms with Gasteiger partial charge in [0, 0.05) is 18.2 Å². The zero-order valence-electron chi connectivity index (χ0n) is 20.7. The van der Waals surface area contributed by atoms with Crippen LogP contribution in [0.15, 0.2) is 30.9 Å². The fourth-order valence-electron chi connectivity index (χ4n) is 4.04. The molecule has 4 atom stereocenters. The summed E-state index contributed by atoms with van der Waals surface area (Å²) in [6.07, 6.45) is -3.56. The molecule has 1 fully saturated rings. The summed E-state index contributed by atoms with van der Waals surface area (Å²) in [5.74, 6) is 0.782. The standard InChI is InChI=1S/C22H27Cl2N6O7P/c1-4-5-25-19-17-20(27-10-26-19)30(11-28-17)22-18(31)16(15(37-22)9-36-38(23,24)33)29-21(32)12-6-13(34-2)8-14(7-12)35-3/h6-8,10-11,15-16,18,22,31H,4-5,9H2,1-3H3,(H,29,32)(H,25,26,27)/t15-,16?,18?,22-/m1/s1. The number of nitrogens with zero attached hydrogens (tertiary/aromatic N) is 4. The normalized spacial score (nSPS) is 21.4. The van der Waals surface area contributed by atoms with Crippen LogP contribution in [-0.4, -0.2) is 76.2 Å². The van der Waals surface area contributed by atoms with Crippen LogP contribution in [0.5, 0.6) is 11.5 Å². The second-order valence-corrected chi connectivity index (χ2v) is 12.6. The molecule has 3 heterocycles. The number of carbonyl (C=O) groups is 1. The molecule has 3 aromatic rings. The first-order valence-corrected chi connectivity index (χ1v) is 15.0. The first-order valence-electron chi connectivity index (χ1n) is 11.6. The highest BCUT2D eigenvalue weighted by molar-refractivity contribution is 8.05. The maximum absolute atomic E-state index is 13.2. The molecule has 2 unspecified atom stereocenters. The van der Waals surface area contributed by atoms with Crippen LogP contribution in [0.25, 0.3) is 11.2 Å². The van der Waals surface area contributed by atoms with Gasteiger partial charge in [-0.25, -0.2) is 15.0 Å². The van der Waals surface area contributed by atoms with E-state index in [4.69, 9.17) is 41.2 Å². The molecule has 16 heteroatoms. The van der Waals surface area contributed by atoms with E-state index in [1.165, 1.54) is 43.6 Å². The zero-order chi connectivity index (χ0) is 27.4. The number of amides is 1. The molecule has 4 rings (SSSR count). The number of hydrogen-bond acceptors (Lipinski definition) is 11. The van der Waals surface area contributed by atoms with Gasteiger partial charge in [-0.15, -0.1) is 0 Å². The molecular formula is C22H27Cl2N6O7P. The third-order valence-electron chi connectivity index (χ3n) is 5.85. The maximum atomic E-state index is 13.2. The molecule has 1 aliphatic heterocycles. The number of benzene rings is 1. The number of aromatic nitrogens is 4. The minimum Gasteiger partial charge on any atom is -0.497 e. The van der Waals surface area contributed by atoms with Crippen LogP contribution < -0.4 is 20.1 Å². The van der Waals surface area contributed by atoms with Crippen molar-refractivity contribution in [3.05, 3.63) is 36.4 Å². The molecule has 1 amide bonds. The largest absolute Gasteiger partial charge is 0.497 e. The highest BCUT2D eigenvalue weighted by Gasteiger charge is 2.47. The predicted molar refractivity (Wildman–Crippen MR) is 140 cm³/mol. The Morgan fingerprint density at radius 1 is 1.18 bits per heavy atom. The number of fused-ring (bicyclic) bond motifs is 1. The van der Waals surface area contributed by atoms with Gasteiger partial charge in [0.1, 0.15) is 30.0 Å². The number of aliphatic hydroxyl groups excluding tert-OH is 1. The summed E-state index contributed by atoms with van der Waals surface area (Å²) in [5.41, 5.74) is 1.09. The number of hydrogen-bond donors (Lipinski definition) is 3. The van der Waals surface area contributed by atoms with Gasteiger partial charge >= 0.3 is 6.07 Å². The lowest BCUT2D eigenvalue weighted by atomic mass is 10.1. The number of ether oxygens (including phenoxy) is 3. The molecule has 13 nitrogen and oxygen atoms in total. The van der Waals surface area contributed by atoms with Crippen LogP contribution in [0.3, 0.4) is 0 Å². The maximum Gasteiger partial charge on any atom is 0.380 e. The van der Waals surface area contributed by atoms with Crippen molar-refractivity contribution >= 4 is 51.4 Å². The molecule has 0 spiro atoms. The summed E-state index contributed by atoms with van der Waals surface area (Å²) < 4.78 is 34.9. The summed E-state index contributed by atoms with van der Waals surface area (Å²) >= 11 is 11.1. The second kappa shape index (κ2) is 12.0. The summed E-state index contributed by atoms with van der Waals surface area (Å²) in [6, 6.07) is 3.62. The first kappa shape index (κ1) is 28.3. The summed E-state index contributed by atoms with van der Waals surface area (Å²) in [4.78, 5) is 26.1. The van der Waals surface area contributed by atoms with Crippen LogP contribution in [0.4, 0.5) is 5.82 Å². The average molecular weight is 589 g/mol. The van der Waals surface area contributed by atoms with Crippen molar-refractivity contribution in [1.82, 2.24) is 24.8 Å². The van der Waals surface area contributed by atoms with Gasteiger partial charge in [0.05, 0.1) is 33.2 Å². The molecule has 0 saturated carbocycles. The Labute approximate surface area is 227 Å². The van der Waals surface area contributed by atoms with E-state index < -0.39 is 36.5 Å². The minimum absolute atomic E-state index is 0.212. The SMILES string of the molecule is CCCNc1ncnc2c1ncn2[C@@H]1O[C@H](COP(=O)(Cl)Cl)C(NC(=O)c2cc(OC)cc(OC)c2)C1O. The molecule has 38 heavy (non-hydrogen) atoms. The summed E-state index contributed by atoms with van der Waals surface area (Å²) in [6.45, 7) is 2.32. The molecule has 0 aliphatic carbocycles. The molecule has 0 radical (unpaired) electrons. The van der Waals surface area contributed by atoms with Crippen molar-refractivity contribution in [2.75, 3.05) is 32.7 Å². The molecule has 2 aromatic heterocycles. The third-order valence-corrected chi connectivity index (χ3v) is 6.89. The Bertz CT molecular complexity index is 1320.